The zero-order chi connectivity index (χ0) is 16.1. The van der Waals surface area contributed by atoms with Crippen molar-refractivity contribution < 1.29 is 14.3 Å². The van der Waals surface area contributed by atoms with E-state index in [1.165, 1.54) is 25.7 Å². The Labute approximate surface area is 133 Å². The van der Waals surface area contributed by atoms with Crippen molar-refractivity contribution in [2.45, 2.75) is 65.0 Å². The summed E-state index contributed by atoms with van der Waals surface area (Å²) in [6, 6.07) is 0.0952. The third kappa shape index (κ3) is 4.70. The Hall–Kier alpha value is -1.10. The number of hydrogen-bond acceptors (Lipinski definition) is 3. The molecule has 5 heteroatoms. The maximum absolute atomic E-state index is 11.9. The van der Waals surface area contributed by atoms with Crippen molar-refractivity contribution in [2.75, 3.05) is 13.2 Å². The van der Waals surface area contributed by atoms with Gasteiger partial charge in [-0.2, -0.15) is 0 Å². The number of nitrogens with one attached hydrogen (secondary N) is 2. The standard InChI is InChI=1S/C17H30N2O3/c1-11(2)22-8-4-7-18-16(20)17(21)19-12(3)15-10-13-5-6-14(15)9-13/h11-15H,4-10H2,1-3H3,(H,18,20)(H,19,21). The van der Waals surface area contributed by atoms with E-state index in [1.807, 2.05) is 20.8 Å². The number of rotatable bonds is 7. The summed E-state index contributed by atoms with van der Waals surface area (Å²) in [7, 11) is 0. The number of carbonyl (C=O) groups excluding carboxylic acids is 2. The summed E-state index contributed by atoms with van der Waals surface area (Å²) in [5.41, 5.74) is 0. The van der Waals surface area contributed by atoms with E-state index in [-0.39, 0.29) is 12.1 Å². The van der Waals surface area contributed by atoms with Crippen molar-refractivity contribution in [2.24, 2.45) is 17.8 Å². The van der Waals surface area contributed by atoms with E-state index in [0.29, 0.717) is 19.1 Å². The predicted molar refractivity (Wildman–Crippen MR) is 85.3 cm³/mol. The largest absolute Gasteiger partial charge is 0.379 e. The summed E-state index contributed by atoms with van der Waals surface area (Å²) < 4.78 is 5.39. The first-order chi connectivity index (χ1) is 10.5. The van der Waals surface area contributed by atoms with Crippen LogP contribution in [0, 0.1) is 17.8 Å². The number of ether oxygens (including phenoxy) is 1. The van der Waals surface area contributed by atoms with Gasteiger partial charge in [0.25, 0.3) is 0 Å². The summed E-state index contributed by atoms with van der Waals surface area (Å²) >= 11 is 0. The predicted octanol–water partition coefficient (Wildman–Crippen LogP) is 1.86. The fraction of sp³-hybridized carbons (Fsp3) is 0.882. The molecule has 2 aliphatic rings. The number of amides is 2. The molecule has 0 aliphatic heterocycles. The molecule has 0 aromatic rings. The molecule has 2 saturated carbocycles. The van der Waals surface area contributed by atoms with Crippen molar-refractivity contribution in [3.8, 4) is 0 Å². The summed E-state index contributed by atoms with van der Waals surface area (Å²) in [5, 5.41) is 5.54. The zero-order valence-electron chi connectivity index (χ0n) is 14.1. The van der Waals surface area contributed by atoms with Gasteiger partial charge in [0.2, 0.25) is 0 Å². The number of carbonyl (C=O) groups is 2. The average Bonchev–Trinajstić information content (AvgIpc) is 3.08. The maximum atomic E-state index is 11.9. The molecular formula is C17H30N2O3. The number of hydrogen-bond donors (Lipinski definition) is 2. The molecule has 0 saturated heterocycles. The fourth-order valence-corrected chi connectivity index (χ4v) is 3.96. The van der Waals surface area contributed by atoms with E-state index in [2.05, 4.69) is 10.6 Å². The lowest BCUT2D eigenvalue weighted by Crippen LogP contribution is -2.47. The van der Waals surface area contributed by atoms with E-state index >= 15 is 0 Å². The van der Waals surface area contributed by atoms with Gasteiger partial charge in [0.05, 0.1) is 6.10 Å². The van der Waals surface area contributed by atoms with Gasteiger partial charge in [0, 0.05) is 19.2 Å². The van der Waals surface area contributed by atoms with Crippen molar-refractivity contribution in [3.05, 3.63) is 0 Å². The fourth-order valence-electron chi connectivity index (χ4n) is 3.96. The molecule has 0 heterocycles. The Kier molecular flexibility index (Phi) is 6.24. The van der Waals surface area contributed by atoms with E-state index in [0.717, 1.165) is 18.3 Å². The second-order valence-corrected chi connectivity index (χ2v) is 7.13. The third-order valence-corrected chi connectivity index (χ3v) is 5.06. The summed E-state index contributed by atoms with van der Waals surface area (Å²) in [4.78, 5) is 23.7. The van der Waals surface area contributed by atoms with Gasteiger partial charge in [-0.1, -0.05) is 6.42 Å². The minimum Gasteiger partial charge on any atom is -0.379 e. The lowest BCUT2D eigenvalue weighted by atomic mass is 9.84. The van der Waals surface area contributed by atoms with Crippen molar-refractivity contribution >= 4 is 11.8 Å². The smallest absolute Gasteiger partial charge is 0.309 e. The highest BCUT2D eigenvalue weighted by Gasteiger charge is 2.42. The van der Waals surface area contributed by atoms with Crippen molar-refractivity contribution in [3.63, 3.8) is 0 Å². The first-order valence-electron chi connectivity index (χ1n) is 8.67. The van der Waals surface area contributed by atoms with Crippen LogP contribution in [0.5, 0.6) is 0 Å². The van der Waals surface area contributed by atoms with Gasteiger partial charge in [-0.05, 0) is 64.2 Å². The first kappa shape index (κ1) is 17.3. The summed E-state index contributed by atoms with van der Waals surface area (Å²) in [5.74, 6) is 1.12. The van der Waals surface area contributed by atoms with Crippen molar-refractivity contribution in [1.82, 2.24) is 10.6 Å². The Bertz CT molecular complexity index is 397. The van der Waals surface area contributed by atoms with Gasteiger partial charge in [-0.25, -0.2) is 0 Å². The highest BCUT2D eigenvalue weighted by atomic mass is 16.5. The molecule has 126 valence electrons. The van der Waals surface area contributed by atoms with Gasteiger partial charge in [0.1, 0.15) is 0 Å². The lowest BCUT2D eigenvalue weighted by Gasteiger charge is -2.28. The molecule has 0 spiro atoms. The van der Waals surface area contributed by atoms with Crippen molar-refractivity contribution in [1.29, 1.82) is 0 Å². The lowest BCUT2D eigenvalue weighted by molar-refractivity contribution is -0.139. The molecule has 2 amide bonds. The molecule has 2 N–H and O–H groups in total. The van der Waals surface area contributed by atoms with Crippen LogP contribution in [-0.4, -0.2) is 37.1 Å². The van der Waals surface area contributed by atoms with Crippen LogP contribution in [0.3, 0.4) is 0 Å². The highest BCUT2D eigenvalue weighted by Crippen LogP contribution is 2.49. The van der Waals surface area contributed by atoms with Crippen LogP contribution in [0.25, 0.3) is 0 Å². The van der Waals surface area contributed by atoms with Gasteiger partial charge >= 0.3 is 11.8 Å². The Morgan fingerprint density at radius 1 is 1.14 bits per heavy atom. The third-order valence-electron chi connectivity index (χ3n) is 5.06. The molecule has 2 aliphatic carbocycles. The minimum atomic E-state index is -0.528. The Balaban J connectivity index is 1.62. The normalized spacial score (nSPS) is 27.9. The monoisotopic (exact) mass is 310 g/mol. The van der Waals surface area contributed by atoms with Crippen LogP contribution in [0.1, 0.15) is 52.9 Å². The molecule has 4 unspecified atom stereocenters. The van der Waals surface area contributed by atoms with Crippen LogP contribution in [0.15, 0.2) is 0 Å². The molecule has 0 aromatic carbocycles. The van der Waals surface area contributed by atoms with E-state index < -0.39 is 11.8 Å². The van der Waals surface area contributed by atoms with Gasteiger partial charge in [-0.3, -0.25) is 9.59 Å². The second-order valence-electron chi connectivity index (χ2n) is 7.13. The summed E-state index contributed by atoms with van der Waals surface area (Å²) in [6.07, 6.45) is 6.08. The van der Waals surface area contributed by atoms with Crippen LogP contribution in [-0.2, 0) is 14.3 Å². The molecule has 0 aromatic heterocycles. The zero-order valence-corrected chi connectivity index (χ0v) is 14.1. The second kappa shape index (κ2) is 7.95. The maximum Gasteiger partial charge on any atom is 0.309 e. The van der Waals surface area contributed by atoms with E-state index in [9.17, 15) is 9.59 Å². The van der Waals surface area contributed by atoms with Gasteiger partial charge < -0.3 is 15.4 Å². The van der Waals surface area contributed by atoms with E-state index in [4.69, 9.17) is 4.74 Å². The quantitative estimate of drug-likeness (QED) is 0.557. The van der Waals surface area contributed by atoms with E-state index in [1.54, 1.807) is 0 Å². The molecule has 2 rings (SSSR count). The SMILES string of the molecule is CC(C)OCCCNC(=O)C(=O)NC(C)C1CC2CCC1C2. The Morgan fingerprint density at radius 2 is 1.91 bits per heavy atom. The van der Waals surface area contributed by atoms with Gasteiger partial charge in [-0.15, -0.1) is 0 Å². The first-order valence-corrected chi connectivity index (χ1v) is 8.67. The Morgan fingerprint density at radius 3 is 2.50 bits per heavy atom. The van der Waals surface area contributed by atoms with Crippen LogP contribution >= 0.6 is 0 Å². The molecule has 2 fully saturated rings. The molecule has 5 nitrogen and oxygen atoms in total. The molecule has 2 bridgehead atoms. The van der Waals surface area contributed by atoms with Crippen LogP contribution < -0.4 is 10.6 Å². The molecule has 22 heavy (non-hydrogen) atoms. The van der Waals surface area contributed by atoms with Crippen LogP contribution in [0.4, 0.5) is 0 Å². The van der Waals surface area contributed by atoms with Gasteiger partial charge in [0.15, 0.2) is 0 Å². The number of fused-ring (bicyclic) bond motifs is 2. The highest BCUT2D eigenvalue weighted by molar-refractivity contribution is 6.35. The van der Waals surface area contributed by atoms with Crippen LogP contribution in [0.2, 0.25) is 0 Å². The molecule has 0 radical (unpaired) electrons. The minimum absolute atomic E-state index is 0.0952. The molecule has 4 atom stereocenters. The topological polar surface area (TPSA) is 67.4 Å². The average molecular weight is 310 g/mol. The summed E-state index contributed by atoms with van der Waals surface area (Å²) in [6.45, 7) is 7.06. The molecular weight excluding hydrogens is 280 g/mol.